The number of benzene rings is 1. The van der Waals surface area contributed by atoms with Crippen LogP contribution in [-0.2, 0) is 11.3 Å². The number of hydrogen-bond donors (Lipinski definition) is 2. The second kappa shape index (κ2) is 5.21. The lowest BCUT2D eigenvalue weighted by molar-refractivity contribution is -0.121. The Bertz CT molecular complexity index is 634. The summed E-state index contributed by atoms with van der Waals surface area (Å²) in [6, 6.07) is 10.6. The smallest absolute Gasteiger partial charge is 0.252 e. The molecule has 0 saturated carbocycles. The maximum Gasteiger partial charge on any atom is 0.252 e. The van der Waals surface area contributed by atoms with Crippen LogP contribution < -0.4 is 10.6 Å². The molecule has 1 aliphatic rings. The first-order valence-electron chi connectivity index (χ1n) is 6.43. The van der Waals surface area contributed by atoms with Crippen molar-refractivity contribution in [3.8, 4) is 0 Å². The van der Waals surface area contributed by atoms with Crippen LogP contribution in [0.1, 0.15) is 34.1 Å². The van der Waals surface area contributed by atoms with Crippen LogP contribution >= 0.6 is 0 Å². The van der Waals surface area contributed by atoms with Crippen LogP contribution in [0.4, 0.5) is 0 Å². The maximum atomic E-state index is 11.9. The number of amides is 2. The Balaban J connectivity index is 1.61. The summed E-state index contributed by atoms with van der Waals surface area (Å²) in [5.74, 6) is 0.460. The molecule has 0 bridgehead atoms. The predicted octanol–water partition coefficient (Wildman–Crippen LogP) is 1.77. The molecular weight excluding hydrogens is 256 g/mol. The molecule has 5 heteroatoms. The number of carbonyl (C=O) groups excluding carboxylic acids is 2. The molecule has 0 radical (unpaired) electrons. The molecule has 1 atom stereocenters. The minimum atomic E-state index is -0.254. The quantitative estimate of drug-likeness (QED) is 0.889. The van der Waals surface area contributed by atoms with Gasteiger partial charge in [0.15, 0.2) is 0 Å². The third-order valence-electron chi connectivity index (χ3n) is 3.32. The number of fused-ring (bicyclic) bond motifs is 1. The first-order valence-corrected chi connectivity index (χ1v) is 6.43. The second-order valence-corrected chi connectivity index (χ2v) is 4.67. The van der Waals surface area contributed by atoms with Crippen molar-refractivity contribution < 1.29 is 14.0 Å². The molecule has 1 aromatic heterocycles. The van der Waals surface area contributed by atoms with E-state index >= 15 is 0 Å². The number of nitrogens with one attached hydrogen (secondary N) is 2. The Labute approximate surface area is 116 Å². The van der Waals surface area contributed by atoms with Crippen molar-refractivity contribution in [1.29, 1.82) is 0 Å². The van der Waals surface area contributed by atoms with E-state index in [-0.39, 0.29) is 24.3 Å². The van der Waals surface area contributed by atoms with Crippen LogP contribution in [0.25, 0.3) is 0 Å². The molecule has 3 rings (SSSR count). The summed E-state index contributed by atoms with van der Waals surface area (Å²) < 4.78 is 5.14. The number of carbonyl (C=O) groups is 2. The van der Waals surface area contributed by atoms with E-state index in [4.69, 9.17) is 4.42 Å². The Morgan fingerprint density at radius 1 is 1.25 bits per heavy atom. The first kappa shape index (κ1) is 12.5. The van der Waals surface area contributed by atoms with Crippen LogP contribution in [-0.4, -0.2) is 11.8 Å². The zero-order chi connectivity index (χ0) is 13.9. The Morgan fingerprint density at radius 3 is 2.90 bits per heavy atom. The minimum Gasteiger partial charge on any atom is -0.467 e. The van der Waals surface area contributed by atoms with Gasteiger partial charge >= 0.3 is 0 Å². The van der Waals surface area contributed by atoms with Gasteiger partial charge in [-0.3, -0.25) is 9.59 Å². The average Bonchev–Trinajstić information content (AvgIpc) is 3.07. The van der Waals surface area contributed by atoms with Crippen molar-refractivity contribution in [3.05, 3.63) is 59.5 Å². The fourth-order valence-corrected chi connectivity index (χ4v) is 2.34. The largest absolute Gasteiger partial charge is 0.467 e. The molecular formula is C15H14N2O3. The van der Waals surface area contributed by atoms with Gasteiger partial charge < -0.3 is 15.1 Å². The van der Waals surface area contributed by atoms with E-state index in [1.807, 2.05) is 18.2 Å². The summed E-state index contributed by atoms with van der Waals surface area (Å²) in [5, 5.41) is 5.59. The van der Waals surface area contributed by atoms with Gasteiger partial charge in [0, 0.05) is 5.56 Å². The van der Waals surface area contributed by atoms with Crippen LogP contribution in [0, 0.1) is 0 Å². The van der Waals surface area contributed by atoms with Crippen LogP contribution in [0.5, 0.6) is 0 Å². The molecule has 0 aliphatic carbocycles. The summed E-state index contributed by atoms with van der Waals surface area (Å²) >= 11 is 0. The molecule has 0 fully saturated rings. The molecule has 2 heterocycles. The molecule has 1 aromatic carbocycles. The molecule has 20 heavy (non-hydrogen) atoms. The van der Waals surface area contributed by atoms with Crippen LogP contribution in [0.2, 0.25) is 0 Å². The van der Waals surface area contributed by atoms with Crippen molar-refractivity contribution in [2.24, 2.45) is 0 Å². The molecule has 0 saturated heterocycles. The Kier molecular flexibility index (Phi) is 3.25. The summed E-state index contributed by atoms with van der Waals surface area (Å²) in [5.41, 5.74) is 1.53. The molecule has 1 unspecified atom stereocenters. The summed E-state index contributed by atoms with van der Waals surface area (Å²) in [4.78, 5) is 23.7. The Hall–Kier alpha value is -2.56. The first-order chi connectivity index (χ1) is 9.74. The van der Waals surface area contributed by atoms with Gasteiger partial charge in [-0.15, -0.1) is 0 Å². The van der Waals surface area contributed by atoms with E-state index in [1.165, 1.54) is 0 Å². The Morgan fingerprint density at radius 2 is 2.10 bits per heavy atom. The van der Waals surface area contributed by atoms with Gasteiger partial charge in [0.25, 0.3) is 5.91 Å². The molecule has 5 nitrogen and oxygen atoms in total. The van der Waals surface area contributed by atoms with Crippen molar-refractivity contribution in [2.75, 3.05) is 0 Å². The van der Waals surface area contributed by atoms with Crippen molar-refractivity contribution in [1.82, 2.24) is 10.6 Å². The van der Waals surface area contributed by atoms with E-state index in [0.29, 0.717) is 17.9 Å². The number of hydrogen-bond acceptors (Lipinski definition) is 3. The van der Waals surface area contributed by atoms with Crippen molar-refractivity contribution >= 4 is 11.8 Å². The molecule has 102 valence electrons. The highest BCUT2D eigenvalue weighted by molar-refractivity contribution is 5.99. The zero-order valence-corrected chi connectivity index (χ0v) is 10.8. The molecule has 2 N–H and O–H groups in total. The normalized spacial score (nSPS) is 16.6. The molecule has 1 aliphatic heterocycles. The van der Waals surface area contributed by atoms with Gasteiger partial charge in [-0.1, -0.05) is 18.2 Å². The summed E-state index contributed by atoms with van der Waals surface area (Å²) in [7, 11) is 0. The summed E-state index contributed by atoms with van der Waals surface area (Å²) in [6.07, 6.45) is 1.79. The van der Waals surface area contributed by atoms with Crippen molar-refractivity contribution in [3.63, 3.8) is 0 Å². The van der Waals surface area contributed by atoms with Crippen LogP contribution in [0.15, 0.2) is 47.1 Å². The van der Waals surface area contributed by atoms with E-state index < -0.39 is 0 Å². The topological polar surface area (TPSA) is 71.3 Å². The number of rotatable bonds is 4. The fraction of sp³-hybridized carbons (Fsp3) is 0.200. The van der Waals surface area contributed by atoms with E-state index in [1.54, 1.807) is 24.5 Å². The van der Waals surface area contributed by atoms with Gasteiger partial charge in [-0.25, -0.2) is 0 Å². The molecule has 2 aromatic rings. The third-order valence-corrected chi connectivity index (χ3v) is 3.32. The SMILES string of the molecule is O=C(CC1NC(=O)c2ccccc21)NCc1ccco1. The molecule has 2 amide bonds. The minimum absolute atomic E-state index is 0.121. The van der Waals surface area contributed by atoms with Gasteiger partial charge in [-0.2, -0.15) is 0 Å². The third kappa shape index (κ3) is 2.42. The standard InChI is InChI=1S/C15H14N2O3/c18-14(16-9-10-4-3-7-20-10)8-13-11-5-1-2-6-12(11)15(19)17-13/h1-7,13H,8-9H2,(H,16,18)(H,17,19). The van der Waals surface area contributed by atoms with Gasteiger partial charge in [0.2, 0.25) is 5.91 Å². The fourth-order valence-electron chi connectivity index (χ4n) is 2.34. The monoisotopic (exact) mass is 270 g/mol. The average molecular weight is 270 g/mol. The van der Waals surface area contributed by atoms with E-state index in [2.05, 4.69) is 10.6 Å². The highest BCUT2D eigenvalue weighted by Gasteiger charge is 2.29. The van der Waals surface area contributed by atoms with Crippen LogP contribution in [0.3, 0.4) is 0 Å². The lowest BCUT2D eigenvalue weighted by Gasteiger charge is -2.11. The van der Waals surface area contributed by atoms with E-state index in [0.717, 1.165) is 5.56 Å². The zero-order valence-electron chi connectivity index (χ0n) is 10.8. The summed E-state index contributed by atoms with van der Waals surface area (Å²) in [6.45, 7) is 0.355. The molecule has 0 spiro atoms. The van der Waals surface area contributed by atoms with E-state index in [9.17, 15) is 9.59 Å². The number of furan rings is 1. The highest BCUT2D eigenvalue weighted by atomic mass is 16.3. The maximum absolute atomic E-state index is 11.9. The van der Waals surface area contributed by atoms with Crippen molar-refractivity contribution in [2.45, 2.75) is 19.0 Å². The second-order valence-electron chi connectivity index (χ2n) is 4.67. The van der Waals surface area contributed by atoms with Gasteiger partial charge in [0.05, 0.1) is 25.3 Å². The highest BCUT2D eigenvalue weighted by Crippen LogP contribution is 2.27. The lowest BCUT2D eigenvalue weighted by atomic mass is 10.0. The van der Waals surface area contributed by atoms with Gasteiger partial charge in [-0.05, 0) is 23.8 Å². The lowest BCUT2D eigenvalue weighted by Crippen LogP contribution is -2.28. The predicted molar refractivity (Wildman–Crippen MR) is 71.8 cm³/mol. The van der Waals surface area contributed by atoms with Gasteiger partial charge in [0.1, 0.15) is 5.76 Å².